The molecule has 1 saturated heterocycles. The summed E-state index contributed by atoms with van der Waals surface area (Å²) in [5.74, 6) is -2.30. The Bertz CT molecular complexity index is 350. The van der Waals surface area contributed by atoms with E-state index in [9.17, 15) is 19.2 Å². The van der Waals surface area contributed by atoms with E-state index in [0.717, 1.165) is 4.90 Å². The molecular weight excluding hydrogens is 242 g/mol. The molecule has 3 N–H and O–H groups in total. The largest absolute Gasteiger partial charge is 0.480 e. The van der Waals surface area contributed by atoms with Crippen LogP contribution < -0.4 is 5.73 Å². The summed E-state index contributed by atoms with van der Waals surface area (Å²) in [5, 5.41) is 8.65. The van der Waals surface area contributed by atoms with Gasteiger partial charge in [0, 0.05) is 25.9 Å². The van der Waals surface area contributed by atoms with E-state index in [1.54, 1.807) is 0 Å². The average molecular weight is 257 g/mol. The number of hydrogen-bond donors (Lipinski definition) is 2. The van der Waals surface area contributed by atoms with E-state index in [4.69, 9.17) is 10.8 Å². The van der Waals surface area contributed by atoms with Crippen LogP contribution in [0.25, 0.3) is 0 Å². The molecule has 0 bridgehead atoms. The molecule has 0 atom stereocenters. The molecule has 1 heterocycles. The lowest BCUT2D eigenvalue weighted by Gasteiger charge is -2.21. The number of nitrogens with zero attached hydrogens (tertiary/aromatic N) is 2. The Morgan fingerprint density at radius 3 is 2.22 bits per heavy atom. The number of carbonyl (C=O) groups excluding carboxylic acids is 3. The second-order valence-corrected chi connectivity index (χ2v) is 4.01. The number of aliphatic carboxylic acids is 1. The fourth-order valence-corrected chi connectivity index (χ4v) is 1.74. The SMILES string of the molecule is NC(=O)CN(CCN1C(=O)CCC1=O)CC(=O)O. The van der Waals surface area contributed by atoms with E-state index in [0.29, 0.717) is 0 Å². The smallest absolute Gasteiger partial charge is 0.317 e. The monoisotopic (exact) mass is 257 g/mol. The van der Waals surface area contributed by atoms with Crippen LogP contribution in [0.2, 0.25) is 0 Å². The van der Waals surface area contributed by atoms with Gasteiger partial charge in [-0.3, -0.25) is 29.0 Å². The van der Waals surface area contributed by atoms with Crippen molar-refractivity contribution >= 4 is 23.7 Å². The Labute approximate surface area is 103 Å². The lowest BCUT2D eigenvalue weighted by molar-refractivity contribution is -0.139. The first-order valence-electron chi connectivity index (χ1n) is 5.46. The maximum atomic E-state index is 11.3. The second-order valence-electron chi connectivity index (χ2n) is 4.01. The highest BCUT2D eigenvalue weighted by Crippen LogP contribution is 2.11. The van der Waals surface area contributed by atoms with Gasteiger partial charge >= 0.3 is 5.97 Å². The maximum absolute atomic E-state index is 11.3. The quantitative estimate of drug-likeness (QED) is 0.509. The van der Waals surface area contributed by atoms with E-state index < -0.39 is 11.9 Å². The molecule has 3 amide bonds. The summed E-state index contributed by atoms with van der Waals surface area (Å²) in [7, 11) is 0. The van der Waals surface area contributed by atoms with Crippen LogP contribution >= 0.6 is 0 Å². The average Bonchev–Trinajstić information content (AvgIpc) is 2.54. The summed E-state index contributed by atoms with van der Waals surface area (Å²) in [5.41, 5.74) is 4.99. The van der Waals surface area contributed by atoms with Crippen LogP contribution in [0.15, 0.2) is 0 Å². The number of carbonyl (C=O) groups is 4. The summed E-state index contributed by atoms with van der Waals surface area (Å²) >= 11 is 0. The van der Waals surface area contributed by atoms with Crippen LogP contribution in [0.4, 0.5) is 0 Å². The normalized spacial score (nSPS) is 15.5. The van der Waals surface area contributed by atoms with Crippen molar-refractivity contribution < 1.29 is 24.3 Å². The Morgan fingerprint density at radius 1 is 1.22 bits per heavy atom. The number of primary amides is 1. The molecule has 8 nitrogen and oxygen atoms in total. The molecule has 8 heteroatoms. The third-order valence-electron chi connectivity index (χ3n) is 2.53. The zero-order valence-electron chi connectivity index (χ0n) is 9.79. The van der Waals surface area contributed by atoms with Gasteiger partial charge in [0.2, 0.25) is 17.7 Å². The first kappa shape index (κ1) is 14.1. The molecule has 0 aromatic carbocycles. The van der Waals surface area contributed by atoms with Crippen LogP contribution in [0.5, 0.6) is 0 Å². The van der Waals surface area contributed by atoms with Gasteiger partial charge in [0.05, 0.1) is 13.1 Å². The molecule has 0 spiro atoms. The van der Waals surface area contributed by atoms with Crippen LogP contribution in [-0.4, -0.2) is 64.8 Å². The number of rotatable bonds is 7. The lowest BCUT2D eigenvalue weighted by Crippen LogP contribution is -2.43. The topological polar surface area (TPSA) is 121 Å². The molecule has 1 rings (SSSR count). The molecule has 1 aliphatic heterocycles. The van der Waals surface area contributed by atoms with Crippen molar-refractivity contribution in [2.75, 3.05) is 26.2 Å². The van der Waals surface area contributed by atoms with Gasteiger partial charge < -0.3 is 10.8 Å². The maximum Gasteiger partial charge on any atom is 0.317 e. The third-order valence-corrected chi connectivity index (χ3v) is 2.53. The summed E-state index contributed by atoms with van der Waals surface area (Å²) in [6.07, 6.45) is 0.376. The molecule has 0 saturated carbocycles. The zero-order valence-corrected chi connectivity index (χ0v) is 9.79. The number of amides is 3. The highest BCUT2D eigenvalue weighted by molar-refractivity contribution is 6.01. The highest BCUT2D eigenvalue weighted by atomic mass is 16.4. The predicted octanol–water partition coefficient (Wildman–Crippen LogP) is -1.99. The first-order valence-corrected chi connectivity index (χ1v) is 5.46. The van der Waals surface area contributed by atoms with Gasteiger partial charge in [-0.05, 0) is 0 Å². The number of carboxylic acids is 1. The number of hydrogen-bond acceptors (Lipinski definition) is 5. The minimum Gasteiger partial charge on any atom is -0.480 e. The van der Waals surface area contributed by atoms with Gasteiger partial charge in [0.25, 0.3) is 0 Å². The predicted molar refractivity (Wildman–Crippen MR) is 59.2 cm³/mol. The van der Waals surface area contributed by atoms with Crippen LogP contribution in [0.1, 0.15) is 12.8 Å². The summed E-state index contributed by atoms with van der Waals surface area (Å²) in [4.78, 5) is 46.3. The van der Waals surface area contributed by atoms with E-state index >= 15 is 0 Å². The number of likely N-dealkylation sites (tertiary alicyclic amines) is 1. The Kier molecular flexibility index (Phi) is 4.78. The molecule has 0 aliphatic carbocycles. The minimum atomic E-state index is -1.10. The fraction of sp³-hybridized carbons (Fsp3) is 0.600. The van der Waals surface area contributed by atoms with Crippen molar-refractivity contribution in [3.8, 4) is 0 Å². The van der Waals surface area contributed by atoms with Crippen LogP contribution in [0, 0.1) is 0 Å². The van der Waals surface area contributed by atoms with Crippen molar-refractivity contribution in [3.05, 3.63) is 0 Å². The van der Waals surface area contributed by atoms with Crippen LogP contribution in [0.3, 0.4) is 0 Å². The number of carboxylic acid groups (broad SMARTS) is 1. The molecule has 100 valence electrons. The number of nitrogens with two attached hydrogens (primary N) is 1. The minimum absolute atomic E-state index is 0.0816. The van der Waals surface area contributed by atoms with Crippen molar-refractivity contribution in [2.45, 2.75) is 12.8 Å². The second kappa shape index (κ2) is 6.10. The van der Waals surface area contributed by atoms with Gasteiger partial charge in [-0.2, -0.15) is 0 Å². The van der Waals surface area contributed by atoms with Gasteiger partial charge in [-0.25, -0.2) is 0 Å². The Balaban J connectivity index is 2.50. The molecule has 0 radical (unpaired) electrons. The summed E-state index contributed by atoms with van der Waals surface area (Å²) in [6, 6.07) is 0. The molecular formula is C10H15N3O5. The fourth-order valence-electron chi connectivity index (χ4n) is 1.74. The molecule has 1 fully saturated rings. The standard InChI is InChI=1S/C10H15N3O5/c11-7(14)5-12(6-10(17)18)3-4-13-8(15)1-2-9(13)16/h1-6H2,(H2,11,14)(H,17,18). The summed E-state index contributed by atoms with van der Waals surface area (Å²) in [6.45, 7) is -0.382. The third kappa shape index (κ3) is 4.13. The van der Waals surface area contributed by atoms with Crippen molar-refractivity contribution in [2.24, 2.45) is 5.73 Å². The number of imide groups is 1. The van der Waals surface area contributed by atoms with Crippen molar-refractivity contribution in [3.63, 3.8) is 0 Å². The molecule has 0 unspecified atom stereocenters. The van der Waals surface area contributed by atoms with E-state index in [-0.39, 0.29) is 50.8 Å². The van der Waals surface area contributed by atoms with Gasteiger partial charge in [0.1, 0.15) is 0 Å². The molecule has 1 aliphatic rings. The van der Waals surface area contributed by atoms with Crippen molar-refractivity contribution in [1.29, 1.82) is 0 Å². The molecule has 0 aromatic rings. The molecule has 0 aromatic heterocycles. The summed E-state index contributed by atoms with van der Waals surface area (Å²) < 4.78 is 0. The first-order chi connectivity index (χ1) is 8.40. The van der Waals surface area contributed by atoms with E-state index in [2.05, 4.69) is 0 Å². The Morgan fingerprint density at radius 2 is 1.78 bits per heavy atom. The zero-order chi connectivity index (χ0) is 13.7. The van der Waals surface area contributed by atoms with E-state index in [1.165, 1.54) is 4.90 Å². The highest BCUT2D eigenvalue weighted by Gasteiger charge is 2.29. The van der Waals surface area contributed by atoms with Gasteiger partial charge in [-0.1, -0.05) is 0 Å². The van der Waals surface area contributed by atoms with Gasteiger partial charge in [0.15, 0.2) is 0 Å². The lowest BCUT2D eigenvalue weighted by atomic mass is 10.4. The Hall–Kier alpha value is -1.96. The van der Waals surface area contributed by atoms with Gasteiger partial charge in [-0.15, -0.1) is 0 Å². The van der Waals surface area contributed by atoms with Crippen LogP contribution in [-0.2, 0) is 19.2 Å². The van der Waals surface area contributed by atoms with Crippen molar-refractivity contribution in [1.82, 2.24) is 9.80 Å². The van der Waals surface area contributed by atoms with E-state index in [1.807, 2.05) is 0 Å². The molecule has 18 heavy (non-hydrogen) atoms.